The third-order valence-electron chi connectivity index (χ3n) is 4.57. The number of hydrogen-bond acceptors (Lipinski definition) is 0. The Labute approximate surface area is 147 Å². The van der Waals surface area contributed by atoms with Gasteiger partial charge in [0, 0.05) is 0 Å². The molecule has 0 unspecified atom stereocenters. The summed E-state index contributed by atoms with van der Waals surface area (Å²) in [7, 11) is 0. The predicted molar refractivity (Wildman–Crippen MR) is 110 cm³/mol. The molecule has 3 rings (SSSR count). The fraction of sp³-hybridized carbons (Fsp3) is 0.417. The lowest BCUT2D eigenvalue weighted by Crippen LogP contribution is -1.77. The summed E-state index contributed by atoms with van der Waals surface area (Å²) in [6.07, 6.45) is 11.5. The second kappa shape index (κ2) is 10.9. The van der Waals surface area contributed by atoms with Crippen molar-refractivity contribution in [1.82, 2.24) is 0 Å². The molecule has 0 spiro atoms. The highest BCUT2D eigenvalue weighted by Crippen LogP contribution is 2.22. The van der Waals surface area contributed by atoms with Gasteiger partial charge in [-0.15, -0.1) is 0 Å². The van der Waals surface area contributed by atoms with Gasteiger partial charge in [0.05, 0.1) is 0 Å². The summed E-state index contributed by atoms with van der Waals surface area (Å²) in [5.41, 5.74) is 0. The molecule has 0 heteroatoms. The van der Waals surface area contributed by atoms with Crippen LogP contribution in [0.2, 0.25) is 0 Å². The molecule has 0 bridgehead atoms. The lowest BCUT2D eigenvalue weighted by Gasteiger charge is -2.00. The third-order valence-corrected chi connectivity index (χ3v) is 4.57. The second-order valence-corrected chi connectivity index (χ2v) is 6.67. The maximum absolute atomic E-state index is 2.27. The van der Waals surface area contributed by atoms with E-state index in [1.807, 2.05) is 0 Å². The summed E-state index contributed by atoms with van der Waals surface area (Å²) >= 11 is 0. The average molecular weight is 321 g/mol. The van der Waals surface area contributed by atoms with Crippen molar-refractivity contribution < 1.29 is 0 Å². The van der Waals surface area contributed by atoms with Crippen molar-refractivity contribution in [2.24, 2.45) is 0 Å². The molecule has 128 valence electrons. The fourth-order valence-electron chi connectivity index (χ4n) is 3.09. The molecule has 0 fully saturated rings. The molecule has 0 radical (unpaired) electrons. The molecule has 24 heavy (non-hydrogen) atoms. The first-order chi connectivity index (χ1) is 11.8. The Morgan fingerprint density at radius 1 is 0.458 bits per heavy atom. The number of hydrogen-bond donors (Lipinski definition) is 0. The van der Waals surface area contributed by atoms with Crippen molar-refractivity contribution in [3.8, 4) is 0 Å². The van der Waals surface area contributed by atoms with Crippen LogP contribution < -0.4 is 0 Å². The third kappa shape index (κ3) is 6.00. The quantitative estimate of drug-likeness (QED) is 0.304. The number of unbranched alkanes of at least 4 members (excludes halogenated alkanes) is 7. The molecule has 0 aliphatic heterocycles. The van der Waals surface area contributed by atoms with Gasteiger partial charge in [-0.3, -0.25) is 0 Å². The molecular weight excluding hydrogens is 288 g/mol. The molecule has 0 heterocycles. The van der Waals surface area contributed by atoms with Crippen LogP contribution in [0.5, 0.6) is 0 Å². The maximum atomic E-state index is 2.27. The van der Waals surface area contributed by atoms with E-state index in [1.54, 1.807) is 0 Å². The van der Waals surface area contributed by atoms with Crippen LogP contribution in [0.15, 0.2) is 60.7 Å². The van der Waals surface area contributed by atoms with Crippen molar-refractivity contribution in [3.05, 3.63) is 60.7 Å². The molecule has 0 saturated carbocycles. The van der Waals surface area contributed by atoms with Crippen molar-refractivity contribution in [1.29, 1.82) is 0 Å². The van der Waals surface area contributed by atoms with Gasteiger partial charge in [-0.2, -0.15) is 0 Å². The van der Waals surface area contributed by atoms with E-state index in [9.17, 15) is 0 Å². The van der Waals surface area contributed by atoms with Crippen molar-refractivity contribution in [2.75, 3.05) is 0 Å². The molecule has 0 aliphatic carbocycles. The zero-order valence-electron chi connectivity index (χ0n) is 15.4. The van der Waals surface area contributed by atoms with Crippen LogP contribution in [0.25, 0.3) is 21.5 Å². The number of rotatable bonds is 7. The van der Waals surface area contributed by atoms with Crippen LogP contribution in [0.4, 0.5) is 0 Å². The van der Waals surface area contributed by atoms with E-state index >= 15 is 0 Å². The predicted octanol–water partition coefficient (Wildman–Crippen LogP) is 8.14. The second-order valence-electron chi connectivity index (χ2n) is 6.67. The molecule has 0 atom stereocenters. The van der Waals surface area contributed by atoms with E-state index < -0.39 is 0 Å². The van der Waals surface area contributed by atoms with Gasteiger partial charge in [-0.25, -0.2) is 0 Å². The lowest BCUT2D eigenvalue weighted by molar-refractivity contribution is 0.585. The van der Waals surface area contributed by atoms with Gasteiger partial charge in [0.1, 0.15) is 0 Å². The van der Waals surface area contributed by atoms with Crippen molar-refractivity contribution in [2.45, 2.75) is 65.2 Å². The summed E-state index contributed by atoms with van der Waals surface area (Å²) in [6.45, 7) is 4.54. The minimum Gasteiger partial charge on any atom is -0.0654 e. The Morgan fingerprint density at radius 2 is 0.750 bits per heavy atom. The van der Waals surface area contributed by atoms with Crippen LogP contribution in [0.1, 0.15) is 65.2 Å². The highest BCUT2D eigenvalue weighted by atomic mass is 14.0. The van der Waals surface area contributed by atoms with Crippen LogP contribution in [0.3, 0.4) is 0 Å². The molecule has 0 aliphatic rings. The Morgan fingerprint density at radius 3 is 1.04 bits per heavy atom. The molecule has 0 N–H and O–H groups in total. The van der Waals surface area contributed by atoms with Gasteiger partial charge in [0.2, 0.25) is 0 Å². The Hall–Kier alpha value is -1.82. The zero-order chi connectivity index (χ0) is 17.0. The van der Waals surface area contributed by atoms with Gasteiger partial charge >= 0.3 is 0 Å². The minimum absolute atomic E-state index is 1.31. The summed E-state index contributed by atoms with van der Waals surface area (Å²) in [5.74, 6) is 0. The van der Waals surface area contributed by atoms with Gasteiger partial charge in [-0.05, 0) is 33.7 Å². The fourth-order valence-corrected chi connectivity index (χ4v) is 3.09. The molecule has 0 amide bonds. The Kier molecular flexibility index (Phi) is 8.38. The van der Waals surface area contributed by atoms with E-state index in [4.69, 9.17) is 0 Å². The lowest BCUT2D eigenvalue weighted by atomic mass is 10.0. The van der Waals surface area contributed by atoms with Crippen molar-refractivity contribution >= 4 is 21.5 Å². The first-order valence-electron chi connectivity index (χ1n) is 9.72. The summed E-state index contributed by atoms with van der Waals surface area (Å²) in [6, 6.07) is 21.4. The molecule has 3 aromatic carbocycles. The highest BCUT2D eigenvalue weighted by molar-refractivity contribution is 5.98. The molecular formula is C24H32. The van der Waals surface area contributed by atoms with Crippen LogP contribution in [-0.4, -0.2) is 0 Å². The SMILES string of the molecule is CCCCCCCCCC.c1ccc2cc3ccccc3cc2c1. The largest absolute Gasteiger partial charge is 0.0654 e. The molecule has 0 saturated heterocycles. The molecule has 0 nitrogen and oxygen atoms in total. The number of fused-ring (bicyclic) bond motifs is 2. The van der Waals surface area contributed by atoms with Crippen LogP contribution >= 0.6 is 0 Å². The van der Waals surface area contributed by atoms with E-state index in [2.05, 4.69) is 74.5 Å². The zero-order valence-corrected chi connectivity index (χ0v) is 15.4. The summed E-state index contributed by atoms with van der Waals surface area (Å²) in [4.78, 5) is 0. The first kappa shape index (κ1) is 18.5. The monoisotopic (exact) mass is 320 g/mol. The normalized spacial score (nSPS) is 10.6. The minimum atomic E-state index is 1.31. The van der Waals surface area contributed by atoms with E-state index in [0.29, 0.717) is 0 Å². The summed E-state index contributed by atoms with van der Waals surface area (Å²) < 4.78 is 0. The van der Waals surface area contributed by atoms with Gasteiger partial charge in [0.25, 0.3) is 0 Å². The Bertz CT molecular complexity index is 598. The smallest absolute Gasteiger partial charge is 0.0178 e. The molecule has 0 aromatic heterocycles. The average Bonchev–Trinajstić information content (AvgIpc) is 2.63. The van der Waals surface area contributed by atoms with E-state index in [1.165, 1.54) is 72.9 Å². The number of benzene rings is 3. The van der Waals surface area contributed by atoms with Crippen LogP contribution in [0, 0.1) is 0 Å². The maximum Gasteiger partial charge on any atom is -0.0178 e. The summed E-state index contributed by atoms with van der Waals surface area (Å²) in [5, 5.41) is 5.25. The van der Waals surface area contributed by atoms with Gasteiger partial charge in [-0.1, -0.05) is 114 Å². The molecule has 3 aromatic rings. The Balaban J connectivity index is 0.000000187. The standard InChI is InChI=1S/C14H10.C10H22/c1-2-6-12-10-14-8-4-3-7-13(14)9-11(12)5-1;1-3-5-7-9-10-8-6-4-2/h1-10H;3-10H2,1-2H3. The van der Waals surface area contributed by atoms with Gasteiger partial charge in [0.15, 0.2) is 0 Å². The van der Waals surface area contributed by atoms with Crippen molar-refractivity contribution in [3.63, 3.8) is 0 Å². The van der Waals surface area contributed by atoms with E-state index in [-0.39, 0.29) is 0 Å². The van der Waals surface area contributed by atoms with Gasteiger partial charge < -0.3 is 0 Å². The van der Waals surface area contributed by atoms with Crippen LogP contribution in [-0.2, 0) is 0 Å². The topological polar surface area (TPSA) is 0 Å². The van der Waals surface area contributed by atoms with E-state index in [0.717, 1.165) is 0 Å². The first-order valence-corrected chi connectivity index (χ1v) is 9.72. The highest BCUT2D eigenvalue weighted by Gasteiger charge is 1.95.